The van der Waals surface area contributed by atoms with E-state index in [0.29, 0.717) is 13.2 Å². The van der Waals surface area contributed by atoms with Gasteiger partial charge in [-0.1, -0.05) is 41.1 Å². The number of hydrogen-bond acceptors (Lipinski definition) is 4. The Morgan fingerprint density at radius 1 is 1.57 bits per heavy atom. The van der Waals surface area contributed by atoms with Crippen LogP contribution in [-0.2, 0) is 16.0 Å². The van der Waals surface area contributed by atoms with Crippen molar-refractivity contribution in [2.24, 2.45) is 11.8 Å². The van der Waals surface area contributed by atoms with Crippen molar-refractivity contribution in [1.82, 2.24) is 0 Å². The molecule has 5 heteroatoms. The fourth-order valence-electron chi connectivity index (χ4n) is 2.56. The summed E-state index contributed by atoms with van der Waals surface area (Å²) in [5, 5.41) is 0. The summed E-state index contributed by atoms with van der Waals surface area (Å²) in [6.45, 7) is 4.47. The number of halogens is 1. The topological polar surface area (TPSA) is 35.5 Å². The zero-order valence-electron chi connectivity index (χ0n) is 12.2. The molecule has 1 aromatic rings. The molecule has 21 heavy (non-hydrogen) atoms. The average Bonchev–Trinajstić information content (AvgIpc) is 2.45. The second-order valence-electron chi connectivity index (χ2n) is 5.19. The fraction of sp³-hybridized carbons (Fsp3) is 0.500. The summed E-state index contributed by atoms with van der Waals surface area (Å²) in [6.07, 6.45) is 1.69. The van der Waals surface area contributed by atoms with Crippen LogP contribution in [0.2, 0.25) is 0 Å². The molecule has 0 bridgehead atoms. The number of esters is 1. The van der Waals surface area contributed by atoms with E-state index in [1.54, 1.807) is 0 Å². The molecule has 2 atom stereocenters. The van der Waals surface area contributed by atoms with Crippen molar-refractivity contribution in [2.75, 3.05) is 13.2 Å². The largest absolute Gasteiger partial charge is 0.488 e. The highest BCUT2D eigenvalue weighted by Gasteiger charge is 2.30. The second kappa shape index (κ2) is 7.36. The molecule has 1 aromatic carbocycles. The maximum atomic E-state index is 11.9. The summed E-state index contributed by atoms with van der Waals surface area (Å²) in [5.74, 6) is 0.490. The molecule has 2 unspecified atom stereocenters. The Morgan fingerprint density at radius 2 is 2.33 bits per heavy atom. The zero-order valence-corrected chi connectivity index (χ0v) is 14.6. The Labute approximate surface area is 139 Å². The Hall–Kier alpha value is -0.940. The van der Waals surface area contributed by atoms with Crippen LogP contribution in [0.1, 0.15) is 25.8 Å². The average molecular weight is 371 g/mol. The molecule has 0 fully saturated rings. The minimum Gasteiger partial charge on any atom is -0.488 e. The first-order valence-corrected chi connectivity index (χ1v) is 8.33. The Morgan fingerprint density at radius 3 is 3.05 bits per heavy atom. The molecule has 0 N–H and O–H groups in total. The molecule has 1 aliphatic rings. The molecule has 3 nitrogen and oxygen atoms in total. The van der Waals surface area contributed by atoms with Crippen molar-refractivity contribution in [3.05, 3.63) is 28.2 Å². The SMILES string of the molecule is CCOC(=O)C(C)C1CCc2ccc(Br)cc2OCC1=S. The van der Waals surface area contributed by atoms with E-state index in [1.807, 2.05) is 26.0 Å². The van der Waals surface area contributed by atoms with E-state index in [1.165, 1.54) is 0 Å². The molecule has 114 valence electrons. The molecule has 1 aliphatic heterocycles. The van der Waals surface area contributed by atoms with Gasteiger partial charge in [0.05, 0.1) is 12.5 Å². The molecule has 0 spiro atoms. The number of hydrogen-bond donors (Lipinski definition) is 0. The van der Waals surface area contributed by atoms with E-state index >= 15 is 0 Å². The number of benzene rings is 1. The molecule has 0 saturated carbocycles. The molecule has 0 aliphatic carbocycles. The van der Waals surface area contributed by atoms with E-state index in [0.717, 1.165) is 33.5 Å². The smallest absolute Gasteiger partial charge is 0.309 e. The second-order valence-corrected chi connectivity index (χ2v) is 6.63. The van der Waals surface area contributed by atoms with Crippen LogP contribution in [0.5, 0.6) is 5.75 Å². The van der Waals surface area contributed by atoms with Crippen molar-refractivity contribution < 1.29 is 14.3 Å². The van der Waals surface area contributed by atoms with Crippen LogP contribution in [-0.4, -0.2) is 24.0 Å². The van der Waals surface area contributed by atoms with Crippen molar-refractivity contribution >= 4 is 39.0 Å². The molecule has 0 aromatic heterocycles. The summed E-state index contributed by atoms with van der Waals surface area (Å²) >= 11 is 8.92. The van der Waals surface area contributed by atoms with Crippen LogP contribution in [0, 0.1) is 11.8 Å². The number of carbonyl (C=O) groups excluding carboxylic acids is 1. The van der Waals surface area contributed by atoms with Gasteiger partial charge in [-0.3, -0.25) is 4.79 Å². The van der Waals surface area contributed by atoms with Gasteiger partial charge in [-0.25, -0.2) is 0 Å². The molecule has 0 radical (unpaired) electrons. The summed E-state index contributed by atoms with van der Waals surface area (Å²) in [5.41, 5.74) is 1.15. The lowest BCUT2D eigenvalue weighted by Gasteiger charge is -2.26. The predicted molar refractivity (Wildman–Crippen MR) is 89.8 cm³/mol. The van der Waals surface area contributed by atoms with Gasteiger partial charge in [0, 0.05) is 15.3 Å². The van der Waals surface area contributed by atoms with Crippen LogP contribution in [0.25, 0.3) is 0 Å². The van der Waals surface area contributed by atoms with E-state index in [2.05, 4.69) is 22.0 Å². The fourth-order valence-corrected chi connectivity index (χ4v) is 3.28. The maximum absolute atomic E-state index is 11.9. The van der Waals surface area contributed by atoms with Crippen LogP contribution < -0.4 is 4.74 Å². The quantitative estimate of drug-likeness (QED) is 0.595. The molecule has 1 heterocycles. The van der Waals surface area contributed by atoms with E-state index in [4.69, 9.17) is 21.7 Å². The van der Waals surface area contributed by atoms with Crippen molar-refractivity contribution in [2.45, 2.75) is 26.7 Å². The van der Waals surface area contributed by atoms with E-state index in [9.17, 15) is 4.79 Å². The Balaban J connectivity index is 2.15. The number of carbonyl (C=O) groups is 1. The van der Waals surface area contributed by atoms with Crippen LogP contribution >= 0.6 is 28.1 Å². The number of thiocarbonyl (C=S) groups is 1. The lowest BCUT2D eigenvalue weighted by atomic mass is 9.85. The number of fused-ring (bicyclic) bond motifs is 1. The van der Waals surface area contributed by atoms with Gasteiger partial charge in [0.15, 0.2) is 0 Å². The minimum atomic E-state index is -0.224. The third-order valence-electron chi connectivity index (χ3n) is 3.80. The zero-order chi connectivity index (χ0) is 15.4. The van der Waals surface area contributed by atoms with Crippen LogP contribution in [0.3, 0.4) is 0 Å². The third-order valence-corrected chi connectivity index (χ3v) is 4.71. The van der Waals surface area contributed by atoms with Gasteiger partial charge in [-0.05, 0) is 37.5 Å². The Kier molecular flexibility index (Phi) is 5.76. The predicted octanol–water partition coefficient (Wildman–Crippen LogP) is 3.96. The van der Waals surface area contributed by atoms with Gasteiger partial charge in [0.2, 0.25) is 0 Å². The van der Waals surface area contributed by atoms with Gasteiger partial charge >= 0.3 is 5.97 Å². The van der Waals surface area contributed by atoms with Gasteiger partial charge in [-0.2, -0.15) is 0 Å². The van der Waals surface area contributed by atoms with Crippen molar-refractivity contribution in [1.29, 1.82) is 0 Å². The van der Waals surface area contributed by atoms with Gasteiger partial charge < -0.3 is 9.47 Å². The molecular formula is C16H19BrO3S. The maximum Gasteiger partial charge on any atom is 0.309 e. The highest BCUT2D eigenvalue weighted by atomic mass is 79.9. The molecule has 0 amide bonds. The minimum absolute atomic E-state index is 0.0239. The first-order valence-electron chi connectivity index (χ1n) is 7.13. The molecular weight excluding hydrogens is 352 g/mol. The molecule has 2 rings (SSSR count). The number of rotatable bonds is 3. The summed E-state index contributed by atoms with van der Waals surface area (Å²) in [7, 11) is 0. The standard InChI is InChI=1S/C16H19BrO3S/c1-3-19-16(18)10(2)13-7-5-11-4-6-12(17)8-14(11)20-9-15(13)21/h4,6,8,10,13H,3,5,7,9H2,1-2H3. The Bertz CT molecular complexity index is 544. The van der Waals surface area contributed by atoms with Gasteiger partial charge in [-0.15, -0.1) is 0 Å². The first-order chi connectivity index (χ1) is 10.0. The summed E-state index contributed by atoms with van der Waals surface area (Å²) in [6, 6.07) is 6.03. The summed E-state index contributed by atoms with van der Waals surface area (Å²) < 4.78 is 11.9. The van der Waals surface area contributed by atoms with Crippen LogP contribution in [0.4, 0.5) is 0 Å². The van der Waals surface area contributed by atoms with Crippen molar-refractivity contribution in [3.8, 4) is 5.75 Å². The first kappa shape index (κ1) is 16.4. The van der Waals surface area contributed by atoms with E-state index < -0.39 is 0 Å². The van der Waals surface area contributed by atoms with Gasteiger partial charge in [0.25, 0.3) is 0 Å². The lowest BCUT2D eigenvalue weighted by Crippen LogP contribution is -2.33. The molecule has 0 saturated heterocycles. The third kappa shape index (κ3) is 4.04. The number of aryl methyl sites for hydroxylation is 1. The highest BCUT2D eigenvalue weighted by molar-refractivity contribution is 9.10. The van der Waals surface area contributed by atoms with Gasteiger partial charge in [0.1, 0.15) is 12.4 Å². The summed E-state index contributed by atoms with van der Waals surface area (Å²) in [4.78, 5) is 12.7. The van der Waals surface area contributed by atoms with Crippen LogP contribution in [0.15, 0.2) is 22.7 Å². The lowest BCUT2D eigenvalue weighted by molar-refractivity contribution is -0.148. The highest BCUT2D eigenvalue weighted by Crippen LogP contribution is 2.31. The van der Waals surface area contributed by atoms with E-state index in [-0.39, 0.29) is 17.8 Å². The normalized spacial score (nSPS) is 19.8. The van der Waals surface area contributed by atoms with Crippen molar-refractivity contribution in [3.63, 3.8) is 0 Å². The monoisotopic (exact) mass is 370 g/mol. The number of ether oxygens (including phenoxy) is 2.